The van der Waals surface area contributed by atoms with Crippen LogP contribution in [0.2, 0.25) is 10.0 Å². The maximum absolute atomic E-state index is 11.8. The van der Waals surface area contributed by atoms with Crippen molar-refractivity contribution in [3.05, 3.63) is 61.7 Å². The molecule has 0 aliphatic heterocycles. The minimum atomic E-state index is -0.608. The van der Waals surface area contributed by atoms with Gasteiger partial charge in [0.2, 0.25) is 0 Å². The Morgan fingerprint density at radius 1 is 1.38 bits per heavy atom. The van der Waals surface area contributed by atoms with E-state index in [1.807, 2.05) is 0 Å². The number of aromatic nitrogens is 2. The maximum Gasteiger partial charge on any atom is 0.345 e. The van der Waals surface area contributed by atoms with Gasteiger partial charge in [-0.2, -0.15) is 10.1 Å². The van der Waals surface area contributed by atoms with Crippen LogP contribution in [0.15, 0.2) is 34.2 Å². The molecule has 108 valence electrons. The quantitative estimate of drug-likeness (QED) is 0.669. The first kappa shape index (κ1) is 15.2. The Labute approximate surface area is 129 Å². The van der Waals surface area contributed by atoms with Gasteiger partial charge in [0.1, 0.15) is 5.69 Å². The van der Waals surface area contributed by atoms with Crippen molar-refractivity contribution in [2.45, 2.75) is 6.92 Å². The molecule has 0 radical (unpaired) electrons. The molecule has 6 nitrogen and oxygen atoms in total. The number of halogens is 2. The number of amides is 1. The zero-order valence-corrected chi connectivity index (χ0v) is 12.4. The van der Waals surface area contributed by atoms with E-state index in [1.165, 1.54) is 12.3 Å². The van der Waals surface area contributed by atoms with Gasteiger partial charge < -0.3 is 4.98 Å². The monoisotopic (exact) mass is 324 g/mol. The normalized spacial score (nSPS) is 10.8. The van der Waals surface area contributed by atoms with Gasteiger partial charge >= 0.3 is 5.69 Å². The molecule has 0 spiro atoms. The Bertz CT molecular complexity index is 751. The number of nitrogens with one attached hydrogen (secondary N) is 2. The highest BCUT2D eigenvalue weighted by atomic mass is 35.5. The van der Waals surface area contributed by atoms with Gasteiger partial charge in [-0.3, -0.25) is 4.79 Å². The first-order valence-corrected chi connectivity index (χ1v) is 6.58. The van der Waals surface area contributed by atoms with Gasteiger partial charge in [-0.1, -0.05) is 29.3 Å². The van der Waals surface area contributed by atoms with E-state index in [4.69, 9.17) is 23.2 Å². The van der Waals surface area contributed by atoms with Crippen LogP contribution in [0.3, 0.4) is 0 Å². The molecule has 0 unspecified atom stereocenters. The smallest absolute Gasteiger partial charge is 0.310 e. The molecule has 2 N–H and O–H groups in total. The van der Waals surface area contributed by atoms with E-state index >= 15 is 0 Å². The van der Waals surface area contributed by atoms with Crippen molar-refractivity contribution in [3.63, 3.8) is 0 Å². The lowest BCUT2D eigenvalue weighted by Gasteiger charge is -2.01. The Morgan fingerprint density at radius 3 is 2.67 bits per heavy atom. The number of carbonyl (C=O) groups excluding carboxylic acids is 1. The lowest BCUT2D eigenvalue weighted by atomic mass is 10.2. The number of hydrogen-bond donors (Lipinski definition) is 2. The van der Waals surface area contributed by atoms with E-state index in [0.717, 1.165) is 0 Å². The molecule has 8 heteroatoms. The zero-order chi connectivity index (χ0) is 15.4. The van der Waals surface area contributed by atoms with Gasteiger partial charge in [0.15, 0.2) is 0 Å². The van der Waals surface area contributed by atoms with E-state index in [2.05, 4.69) is 20.5 Å². The van der Waals surface area contributed by atoms with Crippen LogP contribution >= 0.6 is 23.2 Å². The Kier molecular flexibility index (Phi) is 4.72. The van der Waals surface area contributed by atoms with Crippen LogP contribution in [0, 0.1) is 6.92 Å². The minimum Gasteiger partial charge on any atom is -0.310 e. The van der Waals surface area contributed by atoms with Crippen molar-refractivity contribution in [2.75, 3.05) is 0 Å². The molecule has 0 saturated heterocycles. The molecule has 2 rings (SSSR count). The lowest BCUT2D eigenvalue weighted by Crippen LogP contribution is -2.24. The highest BCUT2D eigenvalue weighted by Gasteiger charge is 2.08. The highest BCUT2D eigenvalue weighted by molar-refractivity contribution is 6.38. The summed E-state index contributed by atoms with van der Waals surface area (Å²) in [5, 5.41) is 4.57. The molecule has 0 aliphatic carbocycles. The predicted octanol–water partition coefficient (Wildman–Crippen LogP) is 2.15. The molecule has 1 aromatic heterocycles. The summed E-state index contributed by atoms with van der Waals surface area (Å²) < 4.78 is 0. The third-order valence-corrected chi connectivity index (χ3v) is 3.13. The number of benzene rings is 1. The molecule has 0 atom stereocenters. The van der Waals surface area contributed by atoms with Crippen LogP contribution in [-0.2, 0) is 0 Å². The second kappa shape index (κ2) is 6.51. The summed E-state index contributed by atoms with van der Waals surface area (Å²) in [6, 6.07) is 6.44. The van der Waals surface area contributed by atoms with Crippen molar-refractivity contribution >= 4 is 35.3 Å². The van der Waals surface area contributed by atoms with Crippen molar-refractivity contribution in [1.29, 1.82) is 0 Å². The van der Waals surface area contributed by atoms with Crippen LogP contribution in [-0.4, -0.2) is 22.1 Å². The van der Waals surface area contributed by atoms with Crippen molar-refractivity contribution in [3.8, 4) is 0 Å². The fourth-order valence-corrected chi connectivity index (χ4v) is 2.04. The summed E-state index contributed by atoms with van der Waals surface area (Å²) in [5.74, 6) is -0.608. The number of rotatable bonds is 3. The fourth-order valence-electron chi connectivity index (χ4n) is 1.54. The molecule has 21 heavy (non-hydrogen) atoms. The second-order valence-electron chi connectivity index (χ2n) is 4.09. The summed E-state index contributed by atoms with van der Waals surface area (Å²) in [6.45, 7) is 1.65. The van der Waals surface area contributed by atoms with E-state index < -0.39 is 11.6 Å². The van der Waals surface area contributed by atoms with E-state index in [0.29, 0.717) is 21.3 Å². The molecule has 0 fully saturated rings. The van der Waals surface area contributed by atoms with Crippen LogP contribution < -0.4 is 11.1 Å². The summed E-state index contributed by atoms with van der Waals surface area (Å²) in [7, 11) is 0. The summed E-state index contributed by atoms with van der Waals surface area (Å²) in [6.07, 6.45) is 1.32. The lowest BCUT2D eigenvalue weighted by molar-refractivity contribution is 0.0949. The minimum absolute atomic E-state index is 0.0290. The number of aryl methyl sites for hydroxylation is 1. The van der Waals surface area contributed by atoms with E-state index in [-0.39, 0.29) is 5.69 Å². The first-order chi connectivity index (χ1) is 9.97. The van der Waals surface area contributed by atoms with E-state index in [9.17, 15) is 9.59 Å². The third kappa shape index (κ3) is 3.90. The number of H-pyrrole nitrogens is 1. The number of nitrogens with zero attached hydrogens (tertiary/aromatic N) is 2. The molecule has 2 aromatic rings. The van der Waals surface area contributed by atoms with Crippen LogP contribution in [0.4, 0.5) is 0 Å². The topological polar surface area (TPSA) is 87.2 Å². The molecule has 1 aromatic carbocycles. The van der Waals surface area contributed by atoms with Crippen LogP contribution in [0.5, 0.6) is 0 Å². The summed E-state index contributed by atoms with van der Waals surface area (Å²) in [5.41, 5.74) is 2.64. The zero-order valence-electron chi connectivity index (χ0n) is 10.9. The van der Waals surface area contributed by atoms with Gasteiger partial charge in [-0.25, -0.2) is 10.2 Å². The van der Waals surface area contributed by atoms with Gasteiger partial charge in [0.05, 0.1) is 16.3 Å². The van der Waals surface area contributed by atoms with E-state index in [1.54, 1.807) is 25.1 Å². The molecule has 1 heterocycles. The summed E-state index contributed by atoms with van der Waals surface area (Å²) >= 11 is 11.9. The number of aromatic amines is 1. The van der Waals surface area contributed by atoms with Crippen molar-refractivity contribution < 1.29 is 4.79 Å². The van der Waals surface area contributed by atoms with Crippen molar-refractivity contribution in [1.82, 2.24) is 15.4 Å². The van der Waals surface area contributed by atoms with Gasteiger partial charge in [-0.05, 0) is 25.1 Å². The second-order valence-corrected chi connectivity index (χ2v) is 4.90. The predicted molar refractivity (Wildman–Crippen MR) is 81.1 cm³/mol. The molecule has 0 aliphatic rings. The molecular weight excluding hydrogens is 315 g/mol. The average Bonchev–Trinajstić information content (AvgIpc) is 2.40. The van der Waals surface area contributed by atoms with Crippen molar-refractivity contribution in [2.24, 2.45) is 5.10 Å². The van der Waals surface area contributed by atoms with Crippen LogP contribution in [0.1, 0.15) is 21.7 Å². The molecule has 1 amide bonds. The Hall–Kier alpha value is -2.18. The highest BCUT2D eigenvalue weighted by Crippen LogP contribution is 2.21. The third-order valence-electron chi connectivity index (χ3n) is 2.47. The van der Waals surface area contributed by atoms with Crippen LogP contribution in [0.25, 0.3) is 0 Å². The fraction of sp³-hybridized carbons (Fsp3) is 0.0769. The average molecular weight is 325 g/mol. The molecular formula is C13H10Cl2N4O2. The Morgan fingerprint density at radius 2 is 2.05 bits per heavy atom. The van der Waals surface area contributed by atoms with Gasteiger partial charge in [0.25, 0.3) is 5.91 Å². The summed E-state index contributed by atoms with van der Waals surface area (Å²) in [4.78, 5) is 29.0. The first-order valence-electron chi connectivity index (χ1n) is 5.83. The standard InChI is InChI=1S/C13H10Cl2N4O2/c1-7-5-11(18-13(21)17-7)12(20)19-16-6-8-9(14)3-2-4-10(8)15/h2-6H,1H3,(H,19,20)(H,17,18,21)/b16-6+. The van der Waals surface area contributed by atoms with Gasteiger partial charge in [0, 0.05) is 11.3 Å². The molecule has 0 bridgehead atoms. The number of hydrogen-bond acceptors (Lipinski definition) is 4. The SMILES string of the molecule is Cc1cc(C(=O)N/N=C/c2c(Cl)cccc2Cl)nc(=O)[nH]1. The maximum atomic E-state index is 11.8. The molecule has 0 saturated carbocycles. The number of hydrazone groups is 1. The largest absolute Gasteiger partial charge is 0.345 e. The number of carbonyl (C=O) groups is 1. The Balaban J connectivity index is 2.14. The van der Waals surface area contributed by atoms with Gasteiger partial charge in [-0.15, -0.1) is 0 Å².